The van der Waals surface area contributed by atoms with Gasteiger partial charge in [0.2, 0.25) is 0 Å². The number of thiazole rings is 1. The Morgan fingerprint density at radius 1 is 1.30 bits per heavy atom. The zero-order valence-corrected chi connectivity index (χ0v) is 14.9. The average Bonchev–Trinajstić information content (AvgIpc) is 3.03. The number of hydrogen-bond acceptors (Lipinski definition) is 5. The van der Waals surface area contributed by atoms with Gasteiger partial charge in [-0.25, -0.2) is 13.4 Å². The molecule has 0 aliphatic carbocycles. The molecule has 122 valence electrons. The van der Waals surface area contributed by atoms with Crippen molar-refractivity contribution >= 4 is 50.3 Å². The quantitative estimate of drug-likeness (QED) is 0.789. The second kappa shape index (κ2) is 6.39. The van der Waals surface area contributed by atoms with Crippen molar-refractivity contribution in [2.75, 3.05) is 18.8 Å². The highest BCUT2D eigenvalue weighted by molar-refractivity contribution is 7.91. The summed E-state index contributed by atoms with van der Waals surface area (Å²) >= 11 is 13.1. The van der Waals surface area contributed by atoms with E-state index >= 15 is 0 Å². The molecular formula is C14H12Cl2N2O3S2. The third kappa shape index (κ3) is 3.38. The van der Waals surface area contributed by atoms with E-state index in [4.69, 9.17) is 23.2 Å². The predicted molar refractivity (Wildman–Crippen MR) is 91.0 cm³/mol. The first-order valence-corrected chi connectivity index (χ1v) is 10.1. The Balaban J connectivity index is 1.86. The van der Waals surface area contributed by atoms with E-state index in [0.717, 1.165) is 0 Å². The van der Waals surface area contributed by atoms with Gasteiger partial charge in [-0.1, -0.05) is 23.2 Å². The highest BCUT2D eigenvalue weighted by Gasteiger charge is 2.37. The molecule has 2 heterocycles. The number of benzene rings is 1. The van der Waals surface area contributed by atoms with Crippen LogP contribution in [0.3, 0.4) is 0 Å². The van der Waals surface area contributed by atoms with Crippen molar-refractivity contribution in [3.63, 3.8) is 0 Å². The minimum absolute atomic E-state index is 0.0791. The standard InChI is InChI=1S/C14H12Cl2N2O3S2/c15-10-2-1-9(7-11(10)16)14(19)18-4-6-23(20,21)12(8-18)13-17-3-5-22-13/h1-3,5,7,12H,4,6,8H2. The molecule has 9 heteroatoms. The second-order valence-electron chi connectivity index (χ2n) is 5.11. The summed E-state index contributed by atoms with van der Waals surface area (Å²) in [7, 11) is -3.30. The van der Waals surface area contributed by atoms with E-state index in [9.17, 15) is 13.2 Å². The molecule has 1 saturated heterocycles. The van der Waals surface area contributed by atoms with Crippen LogP contribution in [0, 0.1) is 0 Å². The maximum Gasteiger partial charge on any atom is 0.253 e. The molecule has 2 aromatic rings. The van der Waals surface area contributed by atoms with Crippen LogP contribution in [-0.2, 0) is 9.84 Å². The molecule has 23 heavy (non-hydrogen) atoms. The van der Waals surface area contributed by atoms with Crippen molar-refractivity contribution in [1.82, 2.24) is 9.88 Å². The lowest BCUT2D eigenvalue weighted by molar-refractivity contribution is 0.0758. The molecule has 0 bridgehead atoms. The lowest BCUT2D eigenvalue weighted by Gasteiger charge is -2.31. The van der Waals surface area contributed by atoms with Gasteiger partial charge < -0.3 is 4.90 Å². The van der Waals surface area contributed by atoms with E-state index in [1.54, 1.807) is 23.7 Å². The number of hydrogen-bond donors (Lipinski definition) is 0. The smallest absolute Gasteiger partial charge is 0.253 e. The SMILES string of the molecule is O=C(c1ccc(Cl)c(Cl)c1)N1CCS(=O)(=O)C(c2nccs2)C1. The van der Waals surface area contributed by atoms with Crippen LogP contribution in [0.2, 0.25) is 10.0 Å². The topological polar surface area (TPSA) is 67.3 Å². The van der Waals surface area contributed by atoms with E-state index in [-0.39, 0.29) is 24.7 Å². The van der Waals surface area contributed by atoms with Gasteiger partial charge in [0, 0.05) is 30.2 Å². The van der Waals surface area contributed by atoms with Crippen LogP contribution in [0.1, 0.15) is 20.6 Å². The first-order chi connectivity index (χ1) is 10.9. The summed E-state index contributed by atoms with van der Waals surface area (Å²) in [6, 6.07) is 4.63. The first kappa shape index (κ1) is 16.7. The summed E-state index contributed by atoms with van der Waals surface area (Å²) in [5, 5.41) is 2.12. The Morgan fingerprint density at radius 2 is 2.09 bits per heavy atom. The van der Waals surface area contributed by atoms with Gasteiger partial charge in [0.15, 0.2) is 9.84 Å². The van der Waals surface area contributed by atoms with E-state index in [1.165, 1.54) is 22.3 Å². The van der Waals surface area contributed by atoms with Gasteiger partial charge in [-0.3, -0.25) is 4.79 Å². The van der Waals surface area contributed by atoms with Crippen LogP contribution < -0.4 is 0 Å². The number of rotatable bonds is 2. The Morgan fingerprint density at radius 3 is 2.74 bits per heavy atom. The van der Waals surface area contributed by atoms with E-state index < -0.39 is 15.1 Å². The number of nitrogens with zero attached hydrogens (tertiary/aromatic N) is 2. The molecular weight excluding hydrogens is 379 g/mol. The van der Waals surface area contributed by atoms with Crippen LogP contribution in [0.15, 0.2) is 29.8 Å². The third-order valence-corrected chi connectivity index (χ3v) is 7.41. The molecule has 1 atom stereocenters. The molecule has 1 amide bonds. The summed E-state index contributed by atoms with van der Waals surface area (Å²) in [5.41, 5.74) is 0.386. The number of aromatic nitrogens is 1. The number of carbonyl (C=O) groups is 1. The monoisotopic (exact) mass is 390 g/mol. The van der Waals surface area contributed by atoms with Gasteiger partial charge in [0.1, 0.15) is 10.3 Å². The summed E-state index contributed by atoms with van der Waals surface area (Å²) in [4.78, 5) is 18.2. The summed E-state index contributed by atoms with van der Waals surface area (Å²) < 4.78 is 24.5. The van der Waals surface area contributed by atoms with Crippen LogP contribution in [0.4, 0.5) is 0 Å². The Hall–Kier alpha value is -1.15. The van der Waals surface area contributed by atoms with Crippen molar-refractivity contribution in [3.05, 3.63) is 50.4 Å². The first-order valence-electron chi connectivity index (χ1n) is 6.74. The molecule has 1 fully saturated rings. The van der Waals surface area contributed by atoms with Gasteiger partial charge in [-0.2, -0.15) is 0 Å². The highest BCUT2D eigenvalue weighted by atomic mass is 35.5. The molecule has 1 aromatic carbocycles. The molecule has 0 radical (unpaired) electrons. The molecule has 0 saturated carbocycles. The van der Waals surface area contributed by atoms with E-state index in [1.807, 2.05) is 0 Å². The zero-order valence-electron chi connectivity index (χ0n) is 11.8. The van der Waals surface area contributed by atoms with Crippen LogP contribution in [0.25, 0.3) is 0 Å². The summed E-state index contributed by atoms with van der Waals surface area (Å²) in [5.74, 6) is -0.343. The lowest BCUT2D eigenvalue weighted by Crippen LogP contribution is -2.45. The molecule has 0 N–H and O–H groups in total. The number of halogens is 2. The van der Waals surface area contributed by atoms with Crippen LogP contribution in [0.5, 0.6) is 0 Å². The van der Waals surface area contributed by atoms with Gasteiger partial charge in [0.05, 0.1) is 15.8 Å². The second-order valence-corrected chi connectivity index (χ2v) is 9.15. The summed E-state index contributed by atoms with van der Waals surface area (Å²) in [6.07, 6.45) is 1.56. The molecule has 3 rings (SSSR count). The fourth-order valence-corrected chi connectivity index (χ4v) is 5.45. The third-order valence-electron chi connectivity index (χ3n) is 3.65. The number of sulfone groups is 1. The van der Waals surface area contributed by atoms with Crippen molar-refractivity contribution in [1.29, 1.82) is 0 Å². The van der Waals surface area contributed by atoms with Crippen molar-refractivity contribution in [2.24, 2.45) is 0 Å². The number of amides is 1. The largest absolute Gasteiger partial charge is 0.336 e. The van der Waals surface area contributed by atoms with Gasteiger partial charge in [0.25, 0.3) is 5.91 Å². The maximum atomic E-state index is 12.6. The molecule has 1 aliphatic heterocycles. The molecule has 0 spiro atoms. The van der Waals surface area contributed by atoms with Crippen molar-refractivity contribution < 1.29 is 13.2 Å². The van der Waals surface area contributed by atoms with Crippen molar-refractivity contribution in [2.45, 2.75) is 5.25 Å². The Bertz CT molecular complexity index is 838. The van der Waals surface area contributed by atoms with E-state index in [0.29, 0.717) is 20.6 Å². The zero-order chi connectivity index (χ0) is 16.6. The Labute approximate surface area is 147 Å². The Kier molecular flexibility index (Phi) is 4.64. The van der Waals surface area contributed by atoms with Crippen LogP contribution in [-0.4, -0.2) is 43.1 Å². The molecule has 1 aromatic heterocycles. The number of carbonyl (C=O) groups excluding carboxylic acids is 1. The molecule has 1 aliphatic rings. The summed E-state index contributed by atoms with van der Waals surface area (Å²) in [6.45, 7) is 0.248. The van der Waals surface area contributed by atoms with Crippen LogP contribution >= 0.6 is 34.5 Å². The fraction of sp³-hybridized carbons (Fsp3) is 0.286. The van der Waals surface area contributed by atoms with Gasteiger partial charge >= 0.3 is 0 Å². The van der Waals surface area contributed by atoms with E-state index in [2.05, 4.69) is 4.98 Å². The lowest BCUT2D eigenvalue weighted by atomic mass is 10.2. The normalized spacial score (nSPS) is 20.4. The maximum absolute atomic E-state index is 12.6. The minimum Gasteiger partial charge on any atom is -0.336 e. The van der Waals surface area contributed by atoms with Crippen molar-refractivity contribution in [3.8, 4) is 0 Å². The fourth-order valence-electron chi connectivity index (χ4n) is 2.41. The molecule has 1 unspecified atom stereocenters. The van der Waals surface area contributed by atoms with Gasteiger partial charge in [-0.15, -0.1) is 11.3 Å². The predicted octanol–water partition coefficient (Wildman–Crippen LogP) is 3.06. The average molecular weight is 391 g/mol. The molecule has 5 nitrogen and oxygen atoms in total. The van der Waals surface area contributed by atoms with Gasteiger partial charge in [-0.05, 0) is 18.2 Å². The minimum atomic E-state index is -3.30. The highest BCUT2D eigenvalue weighted by Crippen LogP contribution is 2.30.